The molecule has 0 saturated carbocycles. The number of rotatable bonds is 5. The molecule has 2 N–H and O–H groups in total. The van der Waals surface area contributed by atoms with E-state index in [2.05, 4.69) is 29.3 Å². The molecule has 6 heteroatoms. The average Bonchev–Trinajstić information content (AvgIpc) is 2.91. The fourth-order valence-electron chi connectivity index (χ4n) is 3.18. The molecule has 0 spiro atoms. The van der Waals surface area contributed by atoms with E-state index in [1.165, 1.54) is 0 Å². The number of aromatic nitrogens is 1. The van der Waals surface area contributed by atoms with Gasteiger partial charge in [0.25, 0.3) is 11.8 Å². The fourth-order valence-corrected chi connectivity index (χ4v) is 3.18. The number of nitrogens with zero attached hydrogens (tertiary/aromatic N) is 1. The first kappa shape index (κ1) is 20.6. The third-order valence-corrected chi connectivity index (χ3v) is 4.77. The summed E-state index contributed by atoms with van der Waals surface area (Å²) in [6.07, 6.45) is -0.742. The Balaban J connectivity index is 1.99. The van der Waals surface area contributed by atoms with Gasteiger partial charge in [0.15, 0.2) is 6.10 Å². The third kappa shape index (κ3) is 4.51. The summed E-state index contributed by atoms with van der Waals surface area (Å²) in [7, 11) is 0. The summed E-state index contributed by atoms with van der Waals surface area (Å²) in [6, 6.07) is 7.78. The molecule has 2 aromatic rings. The molecule has 1 atom stereocenters. The third-order valence-electron chi connectivity index (χ3n) is 4.77. The highest BCUT2D eigenvalue weighted by molar-refractivity contribution is 5.97. The van der Waals surface area contributed by atoms with Gasteiger partial charge in [0.1, 0.15) is 5.75 Å². The maximum absolute atomic E-state index is 12.5. The second-order valence-corrected chi connectivity index (χ2v) is 7.15. The van der Waals surface area contributed by atoms with Crippen molar-refractivity contribution in [3.63, 3.8) is 0 Å². The summed E-state index contributed by atoms with van der Waals surface area (Å²) in [5, 5.41) is 0. The van der Waals surface area contributed by atoms with Gasteiger partial charge in [0.05, 0.1) is 5.56 Å². The maximum atomic E-state index is 12.5. The summed E-state index contributed by atoms with van der Waals surface area (Å²) >= 11 is 0. The monoisotopic (exact) mass is 371 g/mol. The van der Waals surface area contributed by atoms with Crippen LogP contribution in [0.1, 0.15) is 59.7 Å². The first-order valence-corrected chi connectivity index (χ1v) is 9.15. The largest absolute Gasteiger partial charge is 0.481 e. The van der Waals surface area contributed by atoms with Crippen LogP contribution >= 0.6 is 0 Å². The molecule has 146 valence electrons. The zero-order valence-corrected chi connectivity index (χ0v) is 17.1. The highest BCUT2D eigenvalue weighted by Gasteiger charge is 2.20. The lowest BCUT2D eigenvalue weighted by atomic mass is 10.1. The van der Waals surface area contributed by atoms with Crippen LogP contribution in [0.4, 0.5) is 0 Å². The van der Waals surface area contributed by atoms with Gasteiger partial charge in [0.2, 0.25) is 0 Å². The van der Waals surface area contributed by atoms with Crippen LogP contribution in [0.2, 0.25) is 0 Å². The Hall–Kier alpha value is -2.76. The van der Waals surface area contributed by atoms with Gasteiger partial charge in [-0.3, -0.25) is 20.4 Å². The number of hydrogen-bond acceptors (Lipinski definition) is 3. The lowest BCUT2D eigenvalue weighted by Crippen LogP contribution is -2.47. The van der Waals surface area contributed by atoms with Gasteiger partial charge < -0.3 is 9.30 Å². The van der Waals surface area contributed by atoms with Crippen molar-refractivity contribution >= 4 is 11.8 Å². The molecule has 1 aromatic heterocycles. The molecule has 1 aromatic carbocycles. The molecule has 2 rings (SSSR count). The van der Waals surface area contributed by atoms with Crippen molar-refractivity contribution in [2.45, 2.75) is 60.6 Å². The fraction of sp³-hybridized carbons (Fsp3) is 0.429. The molecule has 0 aliphatic heterocycles. The molecular weight excluding hydrogens is 342 g/mol. The number of nitrogens with one attached hydrogen (secondary N) is 2. The zero-order chi connectivity index (χ0) is 20.3. The molecule has 27 heavy (non-hydrogen) atoms. The molecule has 0 saturated heterocycles. The number of hydrogen-bond donors (Lipinski definition) is 2. The van der Waals surface area contributed by atoms with Crippen LogP contribution < -0.4 is 15.6 Å². The topological polar surface area (TPSA) is 72.4 Å². The summed E-state index contributed by atoms with van der Waals surface area (Å²) in [4.78, 5) is 24.7. The first-order valence-electron chi connectivity index (χ1n) is 9.15. The van der Waals surface area contributed by atoms with E-state index < -0.39 is 12.0 Å². The van der Waals surface area contributed by atoms with Gasteiger partial charge in [0, 0.05) is 17.4 Å². The minimum absolute atomic E-state index is 0.257. The lowest BCUT2D eigenvalue weighted by Gasteiger charge is -2.17. The molecule has 0 bridgehead atoms. The van der Waals surface area contributed by atoms with Gasteiger partial charge >= 0.3 is 0 Å². The van der Waals surface area contributed by atoms with Crippen LogP contribution in [0.25, 0.3) is 0 Å². The summed E-state index contributed by atoms with van der Waals surface area (Å²) in [5.74, 6) is -0.103. The number of ether oxygens (including phenoxy) is 1. The van der Waals surface area contributed by atoms with E-state index in [0.29, 0.717) is 11.3 Å². The van der Waals surface area contributed by atoms with Gasteiger partial charge in [-0.15, -0.1) is 0 Å². The lowest BCUT2D eigenvalue weighted by molar-refractivity contribution is -0.128. The molecule has 0 aliphatic carbocycles. The van der Waals surface area contributed by atoms with E-state index >= 15 is 0 Å². The molecular formula is C21H29N3O3. The maximum Gasteiger partial charge on any atom is 0.279 e. The van der Waals surface area contributed by atoms with Crippen LogP contribution in [-0.4, -0.2) is 22.5 Å². The summed E-state index contributed by atoms with van der Waals surface area (Å²) < 4.78 is 7.82. The Labute approximate surface area is 160 Å². The number of carbonyl (C=O) groups is 2. The van der Waals surface area contributed by atoms with Crippen LogP contribution in [0.15, 0.2) is 24.3 Å². The Morgan fingerprint density at radius 3 is 2.30 bits per heavy atom. The van der Waals surface area contributed by atoms with E-state index in [4.69, 9.17) is 4.74 Å². The molecule has 2 amide bonds. The number of amides is 2. The van der Waals surface area contributed by atoms with Crippen molar-refractivity contribution in [3.05, 3.63) is 52.3 Å². The minimum atomic E-state index is -0.742. The highest BCUT2D eigenvalue weighted by Crippen LogP contribution is 2.22. The number of hydrazine groups is 1. The first-order chi connectivity index (χ1) is 12.6. The molecule has 0 aliphatic rings. The second-order valence-electron chi connectivity index (χ2n) is 7.15. The smallest absolute Gasteiger partial charge is 0.279 e. The van der Waals surface area contributed by atoms with E-state index in [-0.39, 0.29) is 11.9 Å². The standard InChI is InChI=1S/C21H29N3O3/c1-12(2)24-14(4)11-18(16(24)6)21(26)23-22-20(25)17(7)27-19-10-8-9-13(3)15(19)5/h8-12,17H,1-7H3,(H,22,25)(H,23,26)/t17-/m1/s1. The minimum Gasteiger partial charge on any atom is -0.481 e. The Bertz CT molecular complexity index is 853. The SMILES string of the molecule is Cc1cccc(O[C@H](C)C(=O)NNC(=O)c2cc(C)n(C(C)C)c2C)c1C. The number of carbonyl (C=O) groups excluding carboxylic acids is 2. The van der Waals surface area contributed by atoms with E-state index in [1.807, 2.05) is 52.0 Å². The van der Waals surface area contributed by atoms with Crippen LogP contribution in [0, 0.1) is 27.7 Å². The zero-order valence-electron chi connectivity index (χ0n) is 17.1. The van der Waals surface area contributed by atoms with Crippen molar-refractivity contribution in [1.29, 1.82) is 0 Å². The van der Waals surface area contributed by atoms with Crippen LogP contribution in [0.3, 0.4) is 0 Å². The normalized spacial score (nSPS) is 12.0. The molecule has 0 fully saturated rings. The predicted octanol–water partition coefficient (Wildman–Crippen LogP) is 3.53. The van der Waals surface area contributed by atoms with Crippen molar-refractivity contribution in [3.8, 4) is 5.75 Å². The number of aryl methyl sites for hydroxylation is 2. The quantitative estimate of drug-likeness (QED) is 0.790. The van der Waals surface area contributed by atoms with E-state index in [0.717, 1.165) is 22.5 Å². The second kappa shape index (κ2) is 8.29. The molecule has 0 radical (unpaired) electrons. The van der Waals surface area contributed by atoms with Crippen molar-refractivity contribution < 1.29 is 14.3 Å². The molecule has 6 nitrogen and oxygen atoms in total. The van der Waals surface area contributed by atoms with Crippen molar-refractivity contribution in [2.75, 3.05) is 0 Å². The Morgan fingerprint density at radius 2 is 1.70 bits per heavy atom. The molecule has 1 heterocycles. The average molecular weight is 371 g/mol. The van der Waals surface area contributed by atoms with Crippen molar-refractivity contribution in [1.82, 2.24) is 15.4 Å². The van der Waals surface area contributed by atoms with Crippen molar-refractivity contribution in [2.24, 2.45) is 0 Å². The Kier molecular flexibility index (Phi) is 6.31. The number of benzene rings is 1. The van der Waals surface area contributed by atoms with Gasteiger partial charge in [-0.05, 0) is 71.7 Å². The highest BCUT2D eigenvalue weighted by atomic mass is 16.5. The van der Waals surface area contributed by atoms with Gasteiger partial charge in [-0.25, -0.2) is 0 Å². The summed E-state index contributed by atoms with van der Waals surface area (Å²) in [6.45, 7) is 13.6. The molecule has 0 unspecified atom stereocenters. The van der Waals surface area contributed by atoms with E-state index in [9.17, 15) is 9.59 Å². The summed E-state index contributed by atoms with van der Waals surface area (Å²) in [5.41, 5.74) is 9.43. The van der Waals surface area contributed by atoms with Crippen LogP contribution in [-0.2, 0) is 4.79 Å². The van der Waals surface area contributed by atoms with Gasteiger partial charge in [-0.2, -0.15) is 0 Å². The Morgan fingerprint density at radius 1 is 1.04 bits per heavy atom. The predicted molar refractivity (Wildman–Crippen MR) is 106 cm³/mol. The van der Waals surface area contributed by atoms with Gasteiger partial charge in [-0.1, -0.05) is 12.1 Å². The van der Waals surface area contributed by atoms with E-state index in [1.54, 1.807) is 6.92 Å². The van der Waals surface area contributed by atoms with Crippen LogP contribution in [0.5, 0.6) is 5.75 Å².